The molecule has 0 amide bonds. The van der Waals surface area contributed by atoms with Crippen molar-refractivity contribution in [2.75, 3.05) is 0 Å². The van der Waals surface area contributed by atoms with Crippen LogP contribution in [0.25, 0.3) is 0 Å². The summed E-state index contributed by atoms with van der Waals surface area (Å²) in [5.74, 6) is -0.0255. The average molecular weight is 423 g/mol. The summed E-state index contributed by atoms with van der Waals surface area (Å²) in [6.07, 6.45) is 7.83. The number of aliphatic carboxylic acids is 1. The van der Waals surface area contributed by atoms with Gasteiger partial charge < -0.3 is 9.84 Å². The van der Waals surface area contributed by atoms with Gasteiger partial charge in [0.05, 0.1) is 11.8 Å². The molecule has 2 fully saturated rings. The van der Waals surface area contributed by atoms with Gasteiger partial charge in [0.2, 0.25) is 0 Å². The Hall–Kier alpha value is -1.06. The van der Waals surface area contributed by atoms with E-state index in [4.69, 9.17) is 4.74 Å². The quantitative estimate of drug-likeness (QED) is 0.471. The molecule has 0 aromatic carbocycles. The van der Waals surface area contributed by atoms with Crippen LogP contribution in [0, 0.1) is 46.8 Å². The van der Waals surface area contributed by atoms with Gasteiger partial charge in [-0.2, -0.15) is 0 Å². The van der Waals surface area contributed by atoms with E-state index in [9.17, 15) is 14.7 Å². The third-order valence-corrected chi connectivity index (χ3v) is 8.34. The Morgan fingerprint density at radius 2 is 1.60 bits per heavy atom. The molecule has 0 aromatic rings. The summed E-state index contributed by atoms with van der Waals surface area (Å²) in [5, 5.41) is 9.73. The van der Waals surface area contributed by atoms with Crippen LogP contribution < -0.4 is 0 Å². The normalized spacial score (nSPS) is 32.5. The van der Waals surface area contributed by atoms with Crippen molar-refractivity contribution in [3.8, 4) is 0 Å². The molecule has 0 bridgehead atoms. The summed E-state index contributed by atoms with van der Waals surface area (Å²) in [4.78, 5) is 25.1. The fourth-order valence-electron chi connectivity index (χ4n) is 5.66. The van der Waals surface area contributed by atoms with Gasteiger partial charge in [0.25, 0.3) is 0 Å². The van der Waals surface area contributed by atoms with E-state index < -0.39 is 17.8 Å². The Kier molecular flexibility index (Phi) is 8.82. The minimum atomic E-state index is -0.845. The highest BCUT2D eigenvalue weighted by molar-refractivity contribution is 5.81. The van der Waals surface area contributed by atoms with Gasteiger partial charge >= 0.3 is 11.9 Å². The largest absolute Gasteiger partial charge is 0.481 e. The van der Waals surface area contributed by atoms with Crippen LogP contribution in [0.3, 0.4) is 0 Å². The van der Waals surface area contributed by atoms with E-state index in [1.54, 1.807) is 0 Å². The minimum Gasteiger partial charge on any atom is -0.481 e. The van der Waals surface area contributed by atoms with Crippen molar-refractivity contribution in [2.24, 2.45) is 46.8 Å². The van der Waals surface area contributed by atoms with Crippen LogP contribution in [0.2, 0.25) is 0 Å². The van der Waals surface area contributed by atoms with Gasteiger partial charge in [0.1, 0.15) is 6.10 Å². The molecule has 4 nitrogen and oxygen atoms in total. The van der Waals surface area contributed by atoms with E-state index >= 15 is 0 Å². The highest BCUT2D eigenvalue weighted by Crippen LogP contribution is 2.43. The van der Waals surface area contributed by atoms with E-state index in [0.29, 0.717) is 29.6 Å². The van der Waals surface area contributed by atoms with Gasteiger partial charge in [0, 0.05) is 0 Å². The third kappa shape index (κ3) is 6.47. The Morgan fingerprint density at radius 3 is 2.10 bits per heavy atom. The maximum atomic E-state index is 13.2. The Balaban J connectivity index is 2.11. The van der Waals surface area contributed by atoms with Crippen LogP contribution in [-0.2, 0) is 14.3 Å². The lowest BCUT2D eigenvalue weighted by Gasteiger charge is -2.40. The second-order valence-corrected chi connectivity index (χ2v) is 11.8. The van der Waals surface area contributed by atoms with Crippen molar-refractivity contribution < 1.29 is 19.4 Å². The van der Waals surface area contributed by atoms with Crippen molar-refractivity contribution in [1.29, 1.82) is 0 Å². The van der Waals surface area contributed by atoms with Crippen molar-refractivity contribution in [3.63, 3.8) is 0 Å². The number of carbonyl (C=O) groups is 2. The summed E-state index contributed by atoms with van der Waals surface area (Å²) < 4.78 is 6.20. The summed E-state index contributed by atoms with van der Waals surface area (Å²) in [6.45, 7) is 15.6. The summed E-state index contributed by atoms with van der Waals surface area (Å²) >= 11 is 0. The molecule has 2 saturated carbocycles. The molecule has 2 aliphatic rings. The molecule has 4 heteroatoms. The first kappa shape index (κ1) is 25.2. The van der Waals surface area contributed by atoms with Crippen LogP contribution in [-0.4, -0.2) is 23.1 Å². The summed E-state index contributed by atoms with van der Waals surface area (Å²) in [7, 11) is 0. The first-order valence-electron chi connectivity index (χ1n) is 12.3. The first-order valence-corrected chi connectivity index (χ1v) is 12.3. The molecule has 0 spiro atoms. The van der Waals surface area contributed by atoms with Crippen molar-refractivity contribution >= 4 is 11.9 Å². The molecule has 5 atom stereocenters. The average Bonchev–Trinajstić information content (AvgIpc) is 2.66. The topological polar surface area (TPSA) is 63.6 Å². The Labute approximate surface area is 184 Å². The third-order valence-electron chi connectivity index (χ3n) is 8.34. The molecule has 0 aromatic heterocycles. The molecule has 174 valence electrons. The lowest BCUT2D eigenvalue weighted by molar-refractivity contribution is -0.169. The molecule has 0 radical (unpaired) electrons. The lowest BCUT2D eigenvalue weighted by atomic mass is 9.68. The standard InChI is InChI=1S/C26H46O4/c1-16(2)18(4)15-22(19-11-13-20(14-12-19)26(5,6)7)30-25(29)21-10-8-9-17(3)23(21)24(27)28/h16-23H,8-15H2,1-7H3,(H,27,28). The van der Waals surface area contributed by atoms with Gasteiger partial charge in [-0.3, -0.25) is 9.59 Å². The Morgan fingerprint density at radius 1 is 1.00 bits per heavy atom. The SMILES string of the molecule is CC(C)C(C)CC(OC(=O)C1CCCC(C)C1C(=O)O)C1CCC(C(C)(C)C)CC1. The highest BCUT2D eigenvalue weighted by Gasteiger charge is 2.43. The Bertz CT molecular complexity index is 568. The van der Waals surface area contributed by atoms with Gasteiger partial charge in [-0.05, 0) is 80.0 Å². The van der Waals surface area contributed by atoms with Crippen molar-refractivity contribution in [3.05, 3.63) is 0 Å². The van der Waals surface area contributed by atoms with Crippen molar-refractivity contribution in [1.82, 2.24) is 0 Å². The smallest absolute Gasteiger partial charge is 0.310 e. The second kappa shape index (κ2) is 10.5. The molecule has 5 unspecified atom stereocenters. The molecule has 2 rings (SSSR count). The minimum absolute atomic E-state index is 0.0315. The van der Waals surface area contributed by atoms with Crippen LogP contribution in [0.4, 0.5) is 0 Å². The number of ether oxygens (including phenoxy) is 1. The zero-order valence-electron chi connectivity index (χ0n) is 20.4. The molecule has 1 N–H and O–H groups in total. The van der Waals surface area contributed by atoms with E-state index in [-0.39, 0.29) is 18.0 Å². The fourth-order valence-corrected chi connectivity index (χ4v) is 5.66. The lowest BCUT2D eigenvalue weighted by Crippen LogP contribution is -2.41. The highest BCUT2D eigenvalue weighted by atomic mass is 16.5. The number of hydrogen-bond donors (Lipinski definition) is 1. The fraction of sp³-hybridized carbons (Fsp3) is 0.923. The van der Waals surface area contributed by atoms with Crippen LogP contribution in [0.1, 0.15) is 99.8 Å². The molecular formula is C26H46O4. The zero-order valence-corrected chi connectivity index (χ0v) is 20.4. The summed E-state index contributed by atoms with van der Waals surface area (Å²) in [6, 6.07) is 0. The van der Waals surface area contributed by atoms with E-state index in [1.807, 2.05) is 6.92 Å². The molecule has 0 saturated heterocycles. The maximum absolute atomic E-state index is 13.2. The predicted octanol–water partition coefficient (Wildman–Crippen LogP) is 6.57. The number of carbonyl (C=O) groups excluding carboxylic acids is 1. The first-order chi connectivity index (χ1) is 13.9. The number of hydrogen-bond acceptors (Lipinski definition) is 3. The van der Waals surface area contributed by atoms with Gasteiger partial charge in [-0.15, -0.1) is 0 Å². The van der Waals surface area contributed by atoms with Crippen LogP contribution in [0.5, 0.6) is 0 Å². The summed E-state index contributed by atoms with van der Waals surface area (Å²) in [5.41, 5.74) is 0.329. The monoisotopic (exact) mass is 422 g/mol. The van der Waals surface area contributed by atoms with Crippen LogP contribution >= 0.6 is 0 Å². The number of carboxylic acid groups (broad SMARTS) is 1. The molecular weight excluding hydrogens is 376 g/mol. The number of rotatable bonds is 7. The zero-order chi connectivity index (χ0) is 22.6. The predicted molar refractivity (Wildman–Crippen MR) is 121 cm³/mol. The van der Waals surface area contributed by atoms with E-state index in [0.717, 1.165) is 38.0 Å². The van der Waals surface area contributed by atoms with Gasteiger partial charge in [0.15, 0.2) is 0 Å². The van der Waals surface area contributed by atoms with Crippen LogP contribution in [0.15, 0.2) is 0 Å². The van der Waals surface area contributed by atoms with Crippen molar-refractivity contribution in [2.45, 2.75) is 106 Å². The number of esters is 1. The maximum Gasteiger partial charge on any atom is 0.310 e. The number of carboxylic acids is 1. The van der Waals surface area contributed by atoms with Gasteiger partial charge in [-0.1, -0.05) is 54.9 Å². The molecule has 0 aliphatic heterocycles. The van der Waals surface area contributed by atoms with E-state index in [2.05, 4.69) is 41.5 Å². The van der Waals surface area contributed by atoms with Gasteiger partial charge in [-0.25, -0.2) is 0 Å². The van der Waals surface area contributed by atoms with E-state index in [1.165, 1.54) is 12.8 Å². The molecule has 0 heterocycles. The second-order valence-electron chi connectivity index (χ2n) is 11.8. The molecule has 30 heavy (non-hydrogen) atoms. The molecule has 2 aliphatic carbocycles.